The van der Waals surface area contributed by atoms with E-state index in [0.29, 0.717) is 30.1 Å². The number of nitrogens with zero attached hydrogens (tertiary/aromatic N) is 4. The number of nitrogens with two attached hydrogens (primary N) is 1. The summed E-state index contributed by atoms with van der Waals surface area (Å²) in [5.41, 5.74) is 5.90. The Kier molecular flexibility index (Phi) is 11.0. The van der Waals surface area contributed by atoms with E-state index in [1.54, 1.807) is 55.9 Å². The Morgan fingerprint density at radius 1 is 1.20 bits per heavy atom. The summed E-state index contributed by atoms with van der Waals surface area (Å²) in [6, 6.07) is 6.61. The number of unbranched alkanes of at least 4 members (excludes halogenated alkanes) is 2. The van der Waals surface area contributed by atoms with E-state index in [1.165, 1.54) is 13.4 Å². The molecule has 3 atom stereocenters. The third-order valence-corrected chi connectivity index (χ3v) is 8.18. The maximum atomic E-state index is 14.2. The zero-order valence-electron chi connectivity index (χ0n) is 23.7. The predicted molar refractivity (Wildman–Crippen MR) is 152 cm³/mol. The number of anilines is 1. The molecule has 1 unspecified atom stereocenters. The molecule has 1 aromatic carbocycles. The van der Waals surface area contributed by atoms with Gasteiger partial charge in [0.05, 0.1) is 37.2 Å². The van der Waals surface area contributed by atoms with Crippen LogP contribution in [0.3, 0.4) is 0 Å². The van der Waals surface area contributed by atoms with Crippen molar-refractivity contribution in [1.29, 1.82) is 0 Å². The molecule has 14 heteroatoms. The molecular formula is C26H40N7O6P. The summed E-state index contributed by atoms with van der Waals surface area (Å²) in [4.78, 5) is 25.7. The number of rotatable bonds is 16. The van der Waals surface area contributed by atoms with Crippen LogP contribution in [0.4, 0.5) is 5.82 Å². The molecule has 5 N–H and O–H groups in total. The summed E-state index contributed by atoms with van der Waals surface area (Å²) < 4.78 is 32.8. The summed E-state index contributed by atoms with van der Waals surface area (Å²) in [5.74, 6) is -0.0260. The molecule has 0 aliphatic rings. The molecule has 2 aromatic heterocycles. The first-order valence-corrected chi connectivity index (χ1v) is 15.1. The van der Waals surface area contributed by atoms with Crippen molar-refractivity contribution in [2.75, 3.05) is 25.8 Å². The van der Waals surface area contributed by atoms with E-state index >= 15 is 0 Å². The number of hydrogen-bond donors (Lipinski definition) is 4. The van der Waals surface area contributed by atoms with Crippen molar-refractivity contribution >= 4 is 30.3 Å². The molecular weight excluding hydrogens is 537 g/mol. The van der Waals surface area contributed by atoms with Crippen LogP contribution < -0.4 is 20.6 Å². The molecule has 13 nitrogen and oxygen atoms in total. The van der Waals surface area contributed by atoms with E-state index in [-0.39, 0.29) is 17.7 Å². The number of nitrogens with one attached hydrogen (secondary N) is 2. The van der Waals surface area contributed by atoms with Gasteiger partial charge in [-0.05, 0) is 39.3 Å². The second-order valence-electron chi connectivity index (χ2n) is 10.1. The Balaban J connectivity index is 1.77. The number of amides is 1. The van der Waals surface area contributed by atoms with Crippen LogP contribution in [0, 0.1) is 0 Å². The highest BCUT2D eigenvalue weighted by Crippen LogP contribution is 2.41. The molecule has 0 radical (unpaired) electrons. The van der Waals surface area contributed by atoms with Crippen LogP contribution >= 0.6 is 7.44 Å². The number of hydrogen-bond acceptors (Lipinski definition) is 10. The van der Waals surface area contributed by atoms with Crippen molar-refractivity contribution in [2.24, 2.45) is 0 Å². The minimum absolute atomic E-state index is 0.205. The van der Waals surface area contributed by atoms with E-state index < -0.39 is 31.3 Å². The lowest BCUT2D eigenvalue weighted by Gasteiger charge is -2.35. The van der Waals surface area contributed by atoms with Crippen LogP contribution in [-0.4, -0.2) is 68.5 Å². The molecule has 0 saturated heterocycles. The lowest BCUT2D eigenvalue weighted by Crippen LogP contribution is -2.51. The lowest BCUT2D eigenvalue weighted by atomic mass is 10.1. The first-order valence-electron chi connectivity index (χ1n) is 13.2. The number of ether oxygens (including phenoxy) is 3. The van der Waals surface area contributed by atoms with Crippen molar-refractivity contribution in [1.82, 2.24) is 29.7 Å². The number of nitrogen functional groups attached to an aromatic ring is 1. The Hall–Kier alpha value is -3.09. The molecule has 2 heterocycles. The molecule has 0 aliphatic carbocycles. The normalized spacial score (nSPS) is 14.9. The summed E-state index contributed by atoms with van der Waals surface area (Å²) in [6.45, 7) is 7.81. The van der Waals surface area contributed by atoms with Crippen molar-refractivity contribution in [3.8, 4) is 5.75 Å². The molecule has 1 amide bonds. The average Bonchev–Trinajstić information content (AvgIpc) is 3.33. The van der Waals surface area contributed by atoms with Crippen LogP contribution in [0.2, 0.25) is 0 Å². The molecule has 0 saturated carbocycles. The number of methoxy groups -OCH3 is 1. The third kappa shape index (κ3) is 8.21. The molecule has 0 spiro atoms. The van der Waals surface area contributed by atoms with Crippen LogP contribution in [0.15, 0.2) is 36.9 Å². The van der Waals surface area contributed by atoms with E-state index in [1.807, 2.05) is 0 Å². The van der Waals surface area contributed by atoms with Gasteiger partial charge in [-0.3, -0.25) is 14.4 Å². The number of carbonyl (C=O) groups is 1. The summed E-state index contributed by atoms with van der Waals surface area (Å²) in [5, 5.41) is 16.3. The van der Waals surface area contributed by atoms with Crippen LogP contribution in [-0.2, 0) is 20.6 Å². The Morgan fingerprint density at radius 3 is 2.67 bits per heavy atom. The number of carbonyl (C=O) groups excluding carboxylic acids is 1. The zero-order valence-corrected chi connectivity index (χ0v) is 24.6. The molecule has 0 fully saturated rings. The van der Waals surface area contributed by atoms with Gasteiger partial charge in [-0.15, -0.1) is 0 Å². The molecule has 0 aliphatic heterocycles. The lowest BCUT2D eigenvalue weighted by molar-refractivity contribution is -0.140. The highest BCUT2D eigenvalue weighted by atomic mass is 31.2. The number of aromatic nitrogens is 4. The largest absolute Gasteiger partial charge is 0.496 e. The van der Waals surface area contributed by atoms with Gasteiger partial charge in [-0.2, -0.15) is 0 Å². The highest BCUT2D eigenvalue weighted by Gasteiger charge is 2.38. The Morgan fingerprint density at radius 2 is 1.95 bits per heavy atom. The highest BCUT2D eigenvalue weighted by molar-refractivity contribution is 7.60. The van der Waals surface area contributed by atoms with Crippen LogP contribution in [0.1, 0.15) is 57.3 Å². The topological polar surface area (TPSA) is 176 Å². The second-order valence-corrected chi connectivity index (χ2v) is 12.3. The van der Waals surface area contributed by atoms with E-state index in [9.17, 15) is 14.5 Å². The van der Waals surface area contributed by atoms with E-state index in [0.717, 1.165) is 19.3 Å². The molecule has 220 valence electrons. The molecule has 40 heavy (non-hydrogen) atoms. The van der Waals surface area contributed by atoms with Crippen molar-refractivity contribution in [3.63, 3.8) is 0 Å². The predicted octanol–water partition coefficient (Wildman–Crippen LogP) is 3.30. The van der Waals surface area contributed by atoms with Gasteiger partial charge in [0.2, 0.25) is 0 Å². The van der Waals surface area contributed by atoms with Gasteiger partial charge in [0, 0.05) is 6.61 Å². The Labute approximate surface area is 234 Å². The maximum absolute atomic E-state index is 14.2. The molecule has 0 bridgehead atoms. The number of aliphatic hydroxyl groups is 1. The summed E-state index contributed by atoms with van der Waals surface area (Å²) >= 11 is 0. The van der Waals surface area contributed by atoms with Crippen molar-refractivity contribution < 1.29 is 28.7 Å². The standard InChI is InChI=1S/C26H40N7O6P/c1-6-7-10-13-38-25(35)26(3,4)32-40(36,31-24(34)19-11-8-9-12-20(19)37-5)17-39-18(2)14-33-16-30-21-22(27)28-15-29-23(21)33/h8-9,11-12,15-16,18,25,35H,6-7,10,13-14,17H2,1-5H3,(H2,27,28,29)(H2,31,32,34,36)/t18-,25?,40+/m1/s1. The fourth-order valence-electron chi connectivity index (χ4n) is 4.02. The minimum atomic E-state index is -3.83. The van der Waals surface area contributed by atoms with Gasteiger partial charge in [0.1, 0.15) is 23.9 Å². The van der Waals surface area contributed by atoms with Gasteiger partial charge in [-0.1, -0.05) is 31.9 Å². The number of para-hydroxylation sites is 1. The van der Waals surface area contributed by atoms with Gasteiger partial charge in [-0.25, -0.2) is 20.0 Å². The maximum Gasteiger partial charge on any atom is 0.262 e. The second kappa shape index (κ2) is 14.0. The number of fused-ring (bicyclic) bond motifs is 1. The van der Waals surface area contributed by atoms with Gasteiger partial charge < -0.3 is 29.6 Å². The molecule has 3 aromatic rings. The molecule has 3 rings (SSSR count). The quantitative estimate of drug-likeness (QED) is 0.112. The van der Waals surface area contributed by atoms with Gasteiger partial charge in [0.25, 0.3) is 13.4 Å². The van der Waals surface area contributed by atoms with Gasteiger partial charge in [0.15, 0.2) is 17.8 Å². The number of aliphatic hydroxyl groups excluding tert-OH is 1. The van der Waals surface area contributed by atoms with E-state index in [4.69, 9.17) is 19.9 Å². The van der Waals surface area contributed by atoms with Crippen molar-refractivity contribution in [2.45, 2.75) is 71.4 Å². The number of benzene rings is 1. The first-order chi connectivity index (χ1) is 19.0. The monoisotopic (exact) mass is 577 g/mol. The average molecular weight is 578 g/mol. The fraction of sp³-hybridized carbons (Fsp3) is 0.538. The van der Waals surface area contributed by atoms with Crippen LogP contribution in [0.25, 0.3) is 11.2 Å². The van der Waals surface area contributed by atoms with E-state index in [2.05, 4.69) is 32.1 Å². The fourth-order valence-corrected chi connectivity index (χ4v) is 6.16. The van der Waals surface area contributed by atoms with Crippen LogP contribution in [0.5, 0.6) is 5.75 Å². The zero-order chi connectivity index (χ0) is 29.3. The first kappa shape index (κ1) is 31.4. The summed E-state index contributed by atoms with van der Waals surface area (Å²) in [7, 11) is -2.38. The van der Waals surface area contributed by atoms with Crippen molar-refractivity contribution in [3.05, 3.63) is 42.5 Å². The summed E-state index contributed by atoms with van der Waals surface area (Å²) in [6.07, 6.45) is 3.56. The number of imidazole rings is 1. The third-order valence-electron chi connectivity index (χ3n) is 6.17. The minimum Gasteiger partial charge on any atom is -0.496 e. The van der Waals surface area contributed by atoms with Gasteiger partial charge >= 0.3 is 0 Å². The Bertz CT molecular complexity index is 1320. The smallest absolute Gasteiger partial charge is 0.262 e. The SMILES string of the molecule is CCCCCOC(O)C(C)(C)N[P@](=O)(CO[C@H](C)Cn1cnc2c(N)ncnc21)NC(=O)c1ccccc1OC.